The third kappa shape index (κ3) is 4.67. The molecule has 1 aromatic carbocycles. The highest BCUT2D eigenvalue weighted by Gasteiger charge is 2.27. The van der Waals surface area contributed by atoms with E-state index in [1.54, 1.807) is 19.1 Å². The molecule has 0 aromatic heterocycles. The van der Waals surface area contributed by atoms with Crippen LogP contribution in [0.3, 0.4) is 0 Å². The molecular weight excluding hydrogens is 300 g/mol. The number of amides is 2. The molecule has 1 saturated heterocycles. The van der Waals surface area contributed by atoms with Crippen molar-refractivity contribution in [2.24, 2.45) is 0 Å². The Morgan fingerprint density at radius 1 is 1.13 bits per heavy atom. The summed E-state index contributed by atoms with van der Waals surface area (Å²) in [5, 5.41) is 0. The molecule has 0 radical (unpaired) electrons. The first-order valence-electron chi connectivity index (χ1n) is 7.44. The van der Waals surface area contributed by atoms with E-state index in [9.17, 15) is 9.59 Å². The Morgan fingerprint density at radius 3 is 2.48 bits per heavy atom. The fraction of sp³-hybridized carbons (Fsp3) is 0.500. The quantitative estimate of drug-likeness (QED) is 0.685. The highest BCUT2D eigenvalue weighted by molar-refractivity contribution is 5.98. The summed E-state index contributed by atoms with van der Waals surface area (Å²) in [6.07, 6.45) is 0. The molecule has 1 aliphatic heterocycles. The third-order valence-corrected chi connectivity index (χ3v) is 3.61. The highest BCUT2D eigenvalue weighted by atomic mass is 16.5. The lowest BCUT2D eigenvalue weighted by atomic mass is 10.2. The third-order valence-electron chi connectivity index (χ3n) is 3.61. The van der Waals surface area contributed by atoms with Crippen molar-refractivity contribution in [2.75, 3.05) is 58.6 Å². The number of nitrogens with zero attached hydrogens (tertiary/aromatic N) is 2. The standard InChI is InChI=1S/C16H22N2O5/c1-21-9-10-23-12-16(20)17-7-8-18(15(19)11-17)13-3-5-14(22-2)6-4-13/h3-6H,7-12H2,1-2H3. The number of carbonyl (C=O) groups is 2. The zero-order valence-corrected chi connectivity index (χ0v) is 13.5. The zero-order valence-electron chi connectivity index (χ0n) is 13.5. The molecule has 7 nitrogen and oxygen atoms in total. The first-order valence-corrected chi connectivity index (χ1v) is 7.44. The summed E-state index contributed by atoms with van der Waals surface area (Å²) in [5.41, 5.74) is 0.805. The Labute approximate surface area is 135 Å². The molecule has 23 heavy (non-hydrogen) atoms. The molecule has 0 bridgehead atoms. The van der Waals surface area contributed by atoms with Gasteiger partial charge in [0.05, 0.1) is 20.3 Å². The van der Waals surface area contributed by atoms with Gasteiger partial charge in [-0.25, -0.2) is 0 Å². The Bertz CT molecular complexity index is 532. The van der Waals surface area contributed by atoms with Gasteiger partial charge in [0, 0.05) is 25.9 Å². The average molecular weight is 322 g/mol. The number of rotatable bonds is 7. The second kappa shape index (κ2) is 8.50. The van der Waals surface area contributed by atoms with Crippen molar-refractivity contribution < 1.29 is 23.8 Å². The lowest BCUT2D eigenvalue weighted by Crippen LogP contribution is -2.53. The highest BCUT2D eigenvalue weighted by Crippen LogP contribution is 2.21. The molecule has 1 aliphatic rings. The van der Waals surface area contributed by atoms with Gasteiger partial charge in [-0.2, -0.15) is 0 Å². The van der Waals surface area contributed by atoms with Gasteiger partial charge in [0.25, 0.3) is 0 Å². The molecule has 0 atom stereocenters. The van der Waals surface area contributed by atoms with Crippen LogP contribution in [-0.2, 0) is 19.1 Å². The van der Waals surface area contributed by atoms with Crippen molar-refractivity contribution in [2.45, 2.75) is 0 Å². The number of hydrogen-bond donors (Lipinski definition) is 0. The zero-order chi connectivity index (χ0) is 16.7. The molecular formula is C16H22N2O5. The van der Waals surface area contributed by atoms with E-state index in [1.807, 2.05) is 24.3 Å². The predicted octanol–water partition coefficient (Wildman–Crippen LogP) is 0.533. The molecule has 2 amide bonds. The molecule has 126 valence electrons. The number of anilines is 1. The van der Waals surface area contributed by atoms with E-state index in [4.69, 9.17) is 14.2 Å². The Hall–Kier alpha value is -2.12. The summed E-state index contributed by atoms with van der Waals surface area (Å²) in [6.45, 7) is 1.80. The van der Waals surface area contributed by atoms with Crippen LogP contribution in [0.15, 0.2) is 24.3 Å². The minimum absolute atomic E-state index is 0.0286. The van der Waals surface area contributed by atoms with E-state index in [0.29, 0.717) is 26.3 Å². The topological polar surface area (TPSA) is 68.3 Å². The van der Waals surface area contributed by atoms with Crippen molar-refractivity contribution in [1.29, 1.82) is 0 Å². The van der Waals surface area contributed by atoms with Gasteiger partial charge in [-0.15, -0.1) is 0 Å². The van der Waals surface area contributed by atoms with Gasteiger partial charge in [-0.05, 0) is 24.3 Å². The van der Waals surface area contributed by atoms with Crippen LogP contribution in [0.5, 0.6) is 5.75 Å². The molecule has 7 heteroatoms. The van der Waals surface area contributed by atoms with E-state index in [1.165, 1.54) is 4.90 Å². The van der Waals surface area contributed by atoms with E-state index in [0.717, 1.165) is 11.4 Å². The summed E-state index contributed by atoms with van der Waals surface area (Å²) >= 11 is 0. The summed E-state index contributed by atoms with van der Waals surface area (Å²) < 4.78 is 15.2. The fourth-order valence-electron chi connectivity index (χ4n) is 2.31. The first-order chi connectivity index (χ1) is 11.2. The summed E-state index contributed by atoms with van der Waals surface area (Å²) in [5.74, 6) is 0.457. The first kappa shape index (κ1) is 17.2. The van der Waals surface area contributed by atoms with Gasteiger partial charge in [-0.1, -0.05) is 0 Å². The van der Waals surface area contributed by atoms with Crippen molar-refractivity contribution in [1.82, 2.24) is 4.90 Å². The monoisotopic (exact) mass is 322 g/mol. The van der Waals surface area contributed by atoms with Crippen LogP contribution in [0.1, 0.15) is 0 Å². The van der Waals surface area contributed by atoms with Crippen LogP contribution in [0.25, 0.3) is 0 Å². The molecule has 1 fully saturated rings. The van der Waals surface area contributed by atoms with Crippen molar-refractivity contribution >= 4 is 17.5 Å². The van der Waals surface area contributed by atoms with Gasteiger partial charge < -0.3 is 24.0 Å². The van der Waals surface area contributed by atoms with Gasteiger partial charge in [-0.3, -0.25) is 9.59 Å². The lowest BCUT2D eigenvalue weighted by Gasteiger charge is -2.34. The number of ether oxygens (including phenoxy) is 3. The Morgan fingerprint density at radius 2 is 1.87 bits per heavy atom. The maximum atomic E-state index is 12.3. The van der Waals surface area contributed by atoms with Gasteiger partial charge in [0.2, 0.25) is 11.8 Å². The van der Waals surface area contributed by atoms with E-state index < -0.39 is 0 Å². The van der Waals surface area contributed by atoms with Crippen LogP contribution in [0, 0.1) is 0 Å². The van der Waals surface area contributed by atoms with Crippen molar-refractivity contribution in [3.05, 3.63) is 24.3 Å². The average Bonchev–Trinajstić information content (AvgIpc) is 2.58. The maximum absolute atomic E-state index is 12.3. The van der Waals surface area contributed by atoms with Crippen LogP contribution >= 0.6 is 0 Å². The van der Waals surface area contributed by atoms with Crippen LogP contribution < -0.4 is 9.64 Å². The largest absolute Gasteiger partial charge is 0.497 e. The predicted molar refractivity (Wildman–Crippen MR) is 84.6 cm³/mol. The van der Waals surface area contributed by atoms with E-state index in [-0.39, 0.29) is 25.0 Å². The second-order valence-corrected chi connectivity index (χ2v) is 5.10. The Balaban J connectivity index is 1.86. The van der Waals surface area contributed by atoms with Crippen LogP contribution in [0.2, 0.25) is 0 Å². The fourth-order valence-corrected chi connectivity index (χ4v) is 2.31. The van der Waals surface area contributed by atoms with Crippen LogP contribution in [0.4, 0.5) is 5.69 Å². The lowest BCUT2D eigenvalue weighted by molar-refractivity contribution is -0.141. The molecule has 0 N–H and O–H groups in total. The van der Waals surface area contributed by atoms with Crippen molar-refractivity contribution in [3.63, 3.8) is 0 Å². The molecule has 0 spiro atoms. The minimum atomic E-state index is -0.177. The molecule has 0 aliphatic carbocycles. The second-order valence-electron chi connectivity index (χ2n) is 5.10. The van der Waals surface area contributed by atoms with Crippen LogP contribution in [-0.4, -0.2) is 70.4 Å². The van der Waals surface area contributed by atoms with E-state index >= 15 is 0 Å². The molecule has 1 aromatic rings. The number of benzene rings is 1. The maximum Gasteiger partial charge on any atom is 0.249 e. The smallest absolute Gasteiger partial charge is 0.249 e. The normalized spacial score (nSPS) is 15.0. The van der Waals surface area contributed by atoms with Gasteiger partial charge >= 0.3 is 0 Å². The molecule has 1 heterocycles. The Kier molecular flexibility index (Phi) is 6.37. The van der Waals surface area contributed by atoms with Gasteiger partial charge in [0.1, 0.15) is 18.9 Å². The number of carbonyl (C=O) groups excluding carboxylic acids is 2. The SMILES string of the molecule is COCCOCC(=O)N1CCN(c2ccc(OC)cc2)C(=O)C1. The number of piperazine rings is 1. The van der Waals surface area contributed by atoms with Gasteiger partial charge in [0.15, 0.2) is 0 Å². The summed E-state index contributed by atoms with van der Waals surface area (Å²) in [7, 11) is 3.17. The molecule has 0 unspecified atom stereocenters. The summed E-state index contributed by atoms with van der Waals surface area (Å²) in [6, 6.07) is 7.29. The molecule has 2 rings (SSSR count). The molecule has 0 saturated carbocycles. The number of hydrogen-bond acceptors (Lipinski definition) is 5. The summed E-state index contributed by atoms with van der Waals surface area (Å²) in [4.78, 5) is 27.5. The van der Waals surface area contributed by atoms with Crippen molar-refractivity contribution in [3.8, 4) is 5.75 Å². The van der Waals surface area contributed by atoms with E-state index in [2.05, 4.69) is 0 Å². The minimum Gasteiger partial charge on any atom is -0.497 e. The number of methoxy groups -OCH3 is 2.